The molecule has 6 nitrogen and oxygen atoms in total. The molecule has 154 valence electrons. The predicted octanol–water partition coefficient (Wildman–Crippen LogP) is 3.76. The second-order valence-corrected chi connectivity index (χ2v) is 6.53. The van der Waals surface area contributed by atoms with Crippen molar-refractivity contribution in [3.05, 3.63) is 89.1 Å². The van der Waals surface area contributed by atoms with E-state index in [-0.39, 0.29) is 19.0 Å². The second-order valence-electron chi connectivity index (χ2n) is 6.53. The number of amides is 2. The predicted molar refractivity (Wildman–Crippen MR) is 111 cm³/mol. The van der Waals surface area contributed by atoms with E-state index in [1.165, 1.54) is 12.3 Å². The lowest BCUT2D eigenvalue weighted by atomic mass is 10.2. The minimum absolute atomic E-state index is 0.129. The van der Waals surface area contributed by atoms with Crippen LogP contribution in [-0.4, -0.2) is 29.9 Å². The number of halogens is 2. The molecule has 0 saturated heterocycles. The van der Waals surface area contributed by atoms with Crippen molar-refractivity contribution in [3.63, 3.8) is 0 Å². The Morgan fingerprint density at radius 1 is 0.900 bits per heavy atom. The number of benzene rings is 2. The maximum atomic E-state index is 13.6. The van der Waals surface area contributed by atoms with Crippen molar-refractivity contribution in [1.82, 2.24) is 10.3 Å². The molecule has 0 spiro atoms. The molecule has 0 saturated carbocycles. The number of aromatic nitrogens is 1. The first kappa shape index (κ1) is 20.9. The molecule has 0 aliphatic carbocycles. The normalized spacial score (nSPS) is 10.4. The summed E-state index contributed by atoms with van der Waals surface area (Å²) in [6, 6.07) is 13.9. The van der Waals surface area contributed by atoms with Crippen molar-refractivity contribution in [2.45, 2.75) is 6.92 Å². The first-order chi connectivity index (χ1) is 14.4. The number of carbonyl (C=O) groups is 2. The highest BCUT2D eigenvalue weighted by molar-refractivity contribution is 6.04. The number of nitrogens with zero attached hydrogens (tertiary/aromatic N) is 1. The van der Waals surface area contributed by atoms with Crippen molar-refractivity contribution in [1.29, 1.82) is 0 Å². The summed E-state index contributed by atoms with van der Waals surface area (Å²) >= 11 is 0. The Hall–Kier alpha value is -3.81. The van der Waals surface area contributed by atoms with Crippen molar-refractivity contribution in [2.24, 2.45) is 0 Å². The summed E-state index contributed by atoms with van der Waals surface area (Å²) < 4.78 is 27.1. The average Bonchev–Trinajstić information content (AvgIpc) is 2.73. The zero-order valence-electron chi connectivity index (χ0n) is 16.2. The van der Waals surface area contributed by atoms with Gasteiger partial charge in [0.2, 0.25) is 0 Å². The van der Waals surface area contributed by atoms with Crippen LogP contribution in [0.2, 0.25) is 0 Å². The van der Waals surface area contributed by atoms with Crippen molar-refractivity contribution in [3.8, 4) is 0 Å². The highest BCUT2D eigenvalue weighted by Crippen LogP contribution is 2.13. The second kappa shape index (κ2) is 9.60. The van der Waals surface area contributed by atoms with E-state index in [0.717, 1.165) is 17.7 Å². The molecule has 3 aromatic rings. The summed E-state index contributed by atoms with van der Waals surface area (Å²) in [6.45, 7) is 2.37. The van der Waals surface area contributed by atoms with E-state index in [1.54, 1.807) is 12.1 Å². The summed E-state index contributed by atoms with van der Waals surface area (Å²) in [6.07, 6.45) is 1.43. The Balaban J connectivity index is 1.47. The number of hydrogen-bond acceptors (Lipinski definition) is 4. The Bertz CT molecular complexity index is 1020. The molecule has 3 N–H and O–H groups in total. The zero-order chi connectivity index (χ0) is 21.5. The van der Waals surface area contributed by atoms with Crippen LogP contribution in [0.1, 0.15) is 26.3 Å². The van der Waals surface area contributed by atoms with Gasteiger partial charge in [-0.15, -0.1) is 0 Å². The van der Waals surface area contributed by atoms with Gasteiger partial charge in [0.1, 0.15) is 23.0 Å². The quantitative estimate of drug-likeness (QED) is 0.518. The summed E-state index contributed by atoms with van der Waals surface area (Å²) in [4.78, 5) is 28.3. The van der Waals surface area contributed by atoms with Crippen LogP contribution in [0.4, 0.5) is 20.3 Å². The molecule has 1 heterocycles. The molecule has 0 radical (unpaired) electrons. The van der Waals surface area contributed by atoms with Gasteiger partial charge in [0.15, 0.2) is 0 Å². The third-order valence-corrected chi connectivity index (χ3v) is 4.24. The minimum atomic E-state index is -0.915. The number of nitrogens with one attached hydrogen (secondary N) is 3. The van der Waals surface area contributed by atoms with Gasteiger partial charge in [-0.1, -0.05) is 23.8 Å². The van der Waals surface area contributed by atoms with Crippen molar-refractivity contribution in [2.75, 3.05) is 23.7 Å². The fraction of sp³-hybridized carbons (Fsp3) is 0.136. The van der Waals surface area contributed by atoms with Crippen LogP contribution >= 0.6 is 0 Å². The van der Waals surface area contributed by atoms with E-state index in [1.807, 2.05) is 31.2 Å². The number of hydrogen-bond donors (Lipinski definition) is 3. The summed E-state index contributed by atoms with van der Waals surface area (Å²) in [5.41, 5.74) is 1.57. The lowest BCUT2D eigenvalue weighted by Crippen LogP contribution is -2.30. The summed E-state index contributed by atoms with van der Waals surface area (Å²) in [5, 5.41) is 8.18. The maximum Gasteiger partial charge on any atom is 0.257 e. The molecule has 0 fully saturated rings. The topological polar surface area (TPSA) is 83.1 Å². The molecule has 8 heteroatoms. The van der Waals surface area contributed by atoms with Gasteiger partial charge in [-0.05, 0) is 43.3 Å². The van der Waals surface area contributed by atoms with E-state index < -0.39 is 23.1 Å². The third-order valence-electron chi connectivity index (χ3n) is 4.24. The Labute approximate surface area is 172 Å². The van der Waals surface area contributed by atoms with Gasteiger partial charge in [0.25, 0.3) is 11.8 Å². The minimum Gasteiger partial charge on any atom is -0.368 e. The molecule has 1 aromatic heterocycles. The van der Waals surface area contributed by atoms with Crippen LogP contribution in [0, 0.1) is 18.6 Å². The van der Waals surface area contributed by atoms with Gasteiger partial charge >= 0.3 is 0 Å². The molecule has 0 atom stereocenters. The number of pyridine rings is 1. The van der Waals surface area contributed by atoms with Gasteiger partial charge < -0.3 is 16.0 Å². The monoisotopic (exact) mass is 410 g/mol. The number of carbonyl (C=O) groups excluding carboxylic acids is 2. The Kier molecular flexibility index (Phi) is 6.69. The molecule has 0 bridgehead atoms. The molecular weight excluding hydrogens is 390 g/mol. The SMILES string of the molecule is Cc1ccc(NC(=O)c2ccc(NCCNC(=O)c3c(F)cccc3F)nc2)cc1. The molecule has 0 aliphatic rings. The molecule has 30 heavy (non-hydrogen) atoms. The fourth-order valence-electron chi connectivity index (χ4n) is 2.64. The van der Waals surface area contributed by atoms with Gasteiger partial charge in [0.05, 0.1) is 5.56 Å². The van der Waals surface area contributed by atoms with E-state index in [4.69, 9.17) is 0 Å². The first-order valence-electron chi connectivity index (χ1n) is 9.24. The number of anilines is 2. The van der Waals surface area contributed by atoms with E-state index in [2.05, 4.69) is 20.9 Å². The number of rotatable bonds is 7. The highest BCUT2D eigenvalue weighted by Gasteiger charge is 2.16. The molecule has 2 amide bonds. The lowest BCUT2D eigenvalue weighted by Gasteiger charge is -2.09. The van der Waals surface area contributed by atoms with Crippen LogP contribution in [0.15, 0.2) is 60.8 Å². The Morgan fingerprint density at radius 2 is 1.60 bits per heavy atom. The number of aryl methyl sites for hydroxylation is 1. The lowest BCUT2D eigenvalue weighted by molar-refractivity contribution is 0.0945. The van der Waals surface area contributed by atoms with Gasteiger partial charge in [0, 0.05) is 25.0 Å². The molecule has 0 unspecified atom stereocenters. The van der Waals surface area contributed by atoms with Crippen LogP contribution in [0.25, 0.3) is 0 Å². The van der Waals surface area contributed by atoms with Gasteiger partial charge in [-0.3, -0.25) is 9.59 Å². The fourth-order valence-corrected chi connectivity index (χ4v) is 2.64. The van der Waals surface area contributed by atoms with Gasteiger partial charge in [-0.2, -0.15) is 0 Å². The van der Waals surface area contributed by atoms with E-state index in [0.29, 0.717) is 17.1 Å². The highest BCUT2D eigenvalue weighted by atomic mass is 19.1. The Morgan fingerprint density at radius 3 is 2.23 bits per heavy atom. The van der Waals surface area contributed by atoms with Crippen LogP contribution in [0.5, 0.6) is 0 Å². The maximum absolute atomic E-state index is 13.6. The van der Waals surface area contributed by atoms with Crippen molar-refractivity contribution >= 4 is 23.3 Å². The average molecular weight is 410 g/mol. The third kappa shape index (κ3) is 5.38. The molecule has 0 aliphatic heterocycles. The molecule has 3 rings (SSSR count). The van der Waals surface area contributed by atoms with E-state index >= 15 is 0 Å². The molecular formula is C22H20F2N4O2. The van der Waals surface area contributed by atoms with Gasteiger partial charge in [-0.25, -0.2) is 13.8 Å². The van der Waals surface area contributed by atoms with Crippen LogP contribution < -0.4 is 16.0 Å². The van der Waals surface area contributed by atoms with Crippen LogP contribution in [-0.2, 0) is 0 Å². The van der Waals surface area contributed by atoms with Crippen LogP contribution in [0.3, 0.4) is 0 Å². The van der Waals surface area contributed by atoms with Crippen molar-refractivity contribution < 1.29 is 18.4 Å². The summed E-state index contributed by atoms with van der Waals surface area (Å²) in [5.74, 6) is -2.45. The summed E-state index contributed by atoms with van der Waals surface area (Å²) in [7, 11) is 0. The smallest absolute Gasteiger partial charge is 0.257 e. The molecule has 2 aromatic carbocycles. The zero-order valence-corrected chi connectivity index (χ0v) is 16.2. The van der Waals surface area contributed by atoms with E-state index in [9.17, 15) is 18.4 Å². The largest absolute Gasteiger partial charge is 0.368 e. The first-order valence-corrected chi connectivity index (χ1v) is 9.24. The standard InChI is InChI=1S/C22H20F2N4O2/c1-14-5-8-16(9-6-14)28-21(29)15-7-10-19(27-13-15)25-11-12-26-22(30)20-17(23)3-2-4-18(20)24/h2-10,13H,11-12H2,1H3,(H,25,27)(H,26,30)(H,28,29).